The summed E-state index contributed by atoms with van der Waals surface area (Å²) in [4.78, 5) is 0. The van der Waals surface area contributed by atoms with Crippen LogP contribution in [0.2, 0.25) is 0 Å². The summed E-state index contributed by atoms with van der Waals surface area (Å²) in [6, 6.07) is 7.24. The van der Waals surface area contributed by atoms with Crippen molar-refractivity contribution < 1.29 is 4.74 Å². The van der Waals surface area contributed by atoms with Crippen molar-refractivity contribution in [3.63, 3.8) is 0 Å². The molecule has 2 rings (SSSR count). The fourth-order valence-electron chi connectivity index (χ4n) is 1.12. The predicted molar refractivity (Wildman–Crippen MR) is 54.1 cm³/mol. The first kappa shape index (κ1) is 8.62. The number of hydrogen-bond donors (Lipinski definition) is 1. The zero-order valence-corrected chi connectivity index (χ0v) is 7.84. The number of anilines is 1. The summed E-state index contributed by atoms with van der Waals surface area (Å²) in [5.74, 6) is 1.48. The molecular weight excluding hydrogens is 178 g/mol. The Hall–Kier alpha value is -1.97. The summed E-state index contributed by atoms with van der Waals surface area (Å²) in [6.45, 7) is 0. The van der Waals surface area contributed by atoms with Gasteiger partial charge in [0, 0.05) is 12.7 Å². The van der Waals surface area contributed by atoms with Crippen LogP contribution in [0, 0.1) is 0 Å². The van der Waals surface area contributed by atoms with Crippen molar-refractivity contribution >= 4 is 5.69 Å². The number of ether oxygens (including phenoxy) is 1. The zero-order chi connectivity index (χ0) is 9.97. The van der Waals surface area contributed by atoms with Crippen LogP contribution in [0.25, 0.3) is 0 Å². The fourth-order valence-corrected chi connectivity index (χ4v) is 1.12. The molecular formula is C10H11N3O. The van der Waals surface area contributed by atoms with E-state index in [1.807, 2.05) is 19.2 Å². The fraction of sp³-hybridized carbons (Fsp3) is 0.100. The number of nitrogens with two attached hydrogens (primary N) is 1. The molecule has 4 heteroatoms. The lowest BCUT2D eigenvalue weighted by atomic mass is 10.3. The molecule has 1 aromatic heterocycles. The summed E-state index contributed by atoms with van der Waals surface area (Å²) >= 11 is 0. The minimum absolute atomic E-state index is 0.720. The van der Waals surface area contributed by atoms with Gasteiger partial charge < -0.3 is 10.5 Å². The van der Waals surface area contributed by atoms with E-state index in [9.17, 15) is 0 Å². The number of hydrogen-bond acceptors (Lipinski definition) is 3. The Kier molecular flexibility index (Phi) is 2.10. The van der Waals surface area contributed by atoms with Gasteiger partial charge in [-0.3, -0.25) is 4.68 Å². The Labute approximate surface area is 81.9 Å². The lowest BCUT2D eigenvalue weighted by Crippen LogP contribution is -1.86. The van der Waals surface area contributed by atoms with Gasteiger partial charge in [-0.25, -0.2) is 0 Å². The van der Waals surface area contributed by atoms with Crippen LogP contribution in [0.1, 0.15) is 0 Å². The van der Waals surface area contributed by atoms with E-state index in [1.54, 1.807) is 29.2 Å². The number of benzene rings is 1. The van der Waals surface area contributed by atoms with Gasteiger partial charge in [-0.2, -0.15) is 5.10 Å². The second-order valence-corrected chi connectivity index (χ2v) is 3.02. The van der Waals surface area contributed by atoms with Crippen LogP contribution < -0.4 is 10.5 Å². The maximum atomic E-state index is 5.55. The van der Waals surface area contributed by atoms with E-state index >= 15 is 0 Å². The standard InChI is InChI=1S/C10H11N3O/c1-13-7-10(6-12-13)14-9-4-2-8(11)3-5-9/h2-7H,11H2,1H3. The van der Waals surface area contributed by atoms with Gasteiger partial charge in [0.1, 0.15) is 5.75 Å². The molecule has 4 nitrogen and oxygen atoms in total. The summed E-state index contributed by atoms with van der Waals surface area (Å²) in [5.41, 5.74) is 6.28. The molecule has 2 aromatic rings. The molecule has 14 heavy (non-hydrogen) atoms. The van der Waals surface area contributed by atoms with E-state index in [0.717, 1.165) is 17.2 Å². The van der Waals surface area contributed by atoms with Crippen molar-refractivity contribution in [2.75, 3.05) is 5.73 Å². The third kappa shape index (κ3) is 1.85. The first-order chi connectivity index (χ1) is 6.74. The molecule has 0 bridgehead atoms. The molecule has 0 radical (unpaired) electrons. The lowest BCUT2D eigenvalue weighted by Gasteiger charge is -2.01. The molecule has 72 valence electrons. The van der Waals surface area contributed by atoms with Crippen molar-refractivity contribution in [2.24, 2.45) is 7.05 Å². The molecule has 1 aromatic carbocycles. The summed E-state index contributed by atoms with van der Waals surface area (Å²) in [6.07, 6.45) is 3.46. The zero-order valence-electron chi connectivity index (χ0n) is 7.84. The van der Waals surface area contributed by atoms with Gasteiger partial charge >= 0.3 is 0 Å². The molecule has 0 spiro atoms. The third-order valence-electron chi connectivity index (χ3n) is 1.80. The van der Waals surface area contributed by atoms with E-state index < -0.39 is 0 Å². The lowest BCUT2D eigenvalue weighted by molar-refractivity contribution is 0.482. The predicted octanol–water partition coefficient (Wildman–Crippen LogP) is 1.79. The first-order valence-corrected chi connectivity index (χ1v) is 4.26. The average molecular weight is 189 g/mol. The molecule has 0 saturated carbocycles. The number of rotatable bonds is 2. The Morgan fingerprint density at radius 3 is 2.50 bits per heavy atom. The van der Waals surface area contributed by atoms with Crippen molar-refractivity contribution in [1.29, 1.82) is 0 Å². The average Bonchev–Trinajstić information content (AvgIpc) is 2.56. The van der Waals surface area contributed by atoms with Gasteiger partial charge in [-0.05, 0) is 24.3 Å². The van der Waals surface area contributed by atoms with E-state index in [0.29, 0.717) is 0 Å². The van der Waals surface area contributed by atoms with Gasteiger partial charge in [-0.1, -0.05) is 0 Å². The van der Waals surface area contributed by atoms with Crippen LogP contribution in [-0.4, -0.2) is 9.78 Å². The van der Waals surface area contributed by atoms with Crippen molar-refractivity contribution in [3.8, 4) is 11.5 Å². The maximum Gasteiger partial charge on any atom is 0.165 e. The van der Waals surface area contributed by atoms with Gasteiger partial charge in [-0.15, -0.1) is 0 Å². The van der Waals surface area contributed by atoms with Gasteiger partial charge in [0.15, 0.2) is 5.75 Å². The molecule has 0 atom stereocenters. The Balaban J connectivity index is 2.15. The van der Waals surface area contributed by atoms with E-state index in [1.165, 1.54) is 0 Å². The van der Waals surface area contributed by atoms with Crippen LogP contribution in [0.3, 0.4) is 0 Å². The first-order valence-electron chi connectivity index (χ1n) is 4.26. The van der Waals surface area contributed by atoms with Gasteiger partial charge in [0.05, 0.1) is 12.4 Å². The van der Waals surface area contributed by atoms with E-state index in [2.05, 4.69) is 5.10 Å². The van der Waals surface area contributed by atoms with Gasteiger partial charge in [0.25, 0.3) is 0 Å². The molecule has 0 unspecified atom stereocenters. The molecule has 0 aliphatic heterocycles. The maximum absolute atomic E-state index is 5.55. The third-order valence-corrected chi connectivity index (χ3v) is 1.80. The van der Waals surface area contributed by atoms with E-state index in [4.69, 9.17) is 10.5 Å². The van der Waals surface area contributed by atoms with Crippen molar-refractivity contribution in [3.05, 3.63) is 36.7 Å². The molecule has 0 saturated heterocycles. The highest BCUT2D eigenvalue weighted by Crippen LogP contribution is 2.20. The minimum atomic E-state index is 0.720. The second-order valence-electron chi connectivity index (χ2n) is 3.02. The summed E-state index contributed by atoms with van der Waals surface area (Å²) in [5, 5.41) is 4.00. The number of nitrogens with zero attached hydrogens (tertiary/aromatic N) is 2. The highest BCUT2D eigenvalue weighted by atomic mass is 16.5. The van der Waals surface area contributed by atoms with Crippen LogP contribution in [0.5, 0.6) is 11.5 Å². The topological polar surface area (TPSA) is 53.1 Å². The summed E-state index contributed by atoms with van der Waals surface area (Å²) < 4.78 is 7.20. The Morgan fingerprint density at radius 2 is 1.93 bits per heavy atom. The molecule has 0 aliphatic carbocycles. The summed E-state index contributed by atoms with van der Waals surface area (Å²) in [7, 11) is 1.84. The monoisotopic (exact) mass is 189 g/mol. The quantitative estimate of drug-likeness (QED) is 0.733. The number of nitrogen functional groups attached to an aromatic ring is 1. The van der Waals surface area contributed by atoms with Crippen LogP contribution in [0.4, 0.5) is 5.69 Å². The highest BCUT2D eigenvalue weighted by Gasteiger charge is 1.98. The molecule has 1 heterocycles. The number of aromatic nitrogens is 2. The van der Waals surface area contributed by atoms with Crippen molar-refractivity contribution in [2.45, 2.75) is 0 Å². The Morgan fingerprint density at radius 1 is 1.21 bits per heavy atom. The van der Waals surface area contributed by atoms with Crippen LogP contribution in [-0.2, 0) is 7.05 Å². The number of aryl methyl sites for hydroxylation is 1. The smallest absolute Gasteiger partial charge is 0.165 e. The SMILES string of the molecule is Cn1cc(Oc2ccc(N)cc2)cn1. The molecule has 0 fully saturated rings. The van der Waals surface area contributed by atoms with Gasteiger partial charge in [0.2, 0.25) is 0 Å². The van der Waals surface area contributed by atoms with Crippen LogP contribution in [0.15, 0.2) is 36.7 Å². The largest absolute Gasteiger partial charge is 0.454 e. The van der Waals surface area contributed by atoms with Crippen molar-refractivity contribution in [1.82, 2.24) is 9.78 Å². The normalized spacial score (nSPS) is 10.1. The Bertz CT molecular complexity index is 419. The minimum Gasteiger partial charge on any atom is -0.454 e. The second kappa shape index (κ2) is 3.41. The molecule has 2 N–H and O–H groups in total. The van der Waals surface area contributed by atoms with Crippen LogP contribution >= 0.6 is 0 Å². The van der Waals surface area contributed by atoms with E-state index in [-0.39, 0.29) is 0 Å². The molecule has 0 aliphatic rings. The highest BCUT2D eigenvalue weighted by molar-refractivity contribution is 5.42. The molecule has 0 amide bonds.